The minimum absolute atomic E-state index is 0.345. The average Bonchev–Trinajstić information content (AvgIpc) is 2.51. The molecule has 0 amide bonds. The summed E-state index contributed by atoms with van der Waals surface area (Å²) in [6.45, 7) is 0. The van der Waals surface area contributed by atoms with Crippen molar-refractivity contribution in [2.75, 3.05) is 34.5 Å². The zero-order chi connectivity index (χ0) is 12.9. The van der Waals surface area contributed by atoms with E-state index in [9.17, 15) is 0 Å². The molecule has 110 valence electrons. The molecule has 0 aromatic rings. The molecule has 3 saturated heterocycles. The molecule has 3 aliphatic rings. The summed E-state index contributed by atoms with van der Waals surface area (Å²) >= 11 is 6.63. The van der Waals surface area contributed by atoms with E-state index in [2.05, 4.69) is 35.3 Å². The SMILES string of the molecule is C1CC(P(C2CCSCC2)C2CCSCC2)CCS1. The summed E-state index contributed by atoms with van der Waals surface area (Å²) in [6.07, 6.45) is 9.36. The van der Waals surface area contributed by atoms with E-state index < -0.39 is 0 Å². The van der Waals surface area contributed by atoms with Gasteiger partial charge in [0.25, 0.3) is 0 Å². The van der Waals surface area contributed by atoms with E-state index in [-0.39, 0.29) is 0 Å². The Morgan fingerprint density at radius 3 is 1.00 bits per heavy atom. The molecule has 0 aromatic heterocycles. The lowest BCUT2D eigenvalue weighted by Gasteiger charge is -2.44. The third-order valence-electron chi connectivity index (χ3n) is 4.84. The van der Waals surface area contributed by atoms with Crippen LogP contribution in [0.1, 0.15) is 38.5 Å². The van der Waals surface area contributed by atoms with E-state index in [0.717, 1.165) is 17.0 Å². The molecule has 3 aliphatic heterocycles. The highest BCUT2D eigenvalue weighted by Crippen LogP contribution is 2.60. The second-order valence-corrected chi connectivity index (χ2v) is 12.7. The summed E-state index contributed by atoms with van der Waals surface area (Å²) in [5.41, 5.74) is 3.45. The van der Waals surface area contributed by atoms with Crippen LogP contribution in [0.15, 0.2) is 0 Å². The number of hydrogen-bond donors (Lipinski definition) is 0. The summed E-state index contributed by atoms with van der Waals surface area (Å²) in [5.74, 6) is 8.79. The normalized spacial score (nSPS) is 28.9. The van der Waals surface area contributed by atoms with Gasteiger partial charge in [0.2, 0.25) is 0 Å². The molecule has 3 rings (SSSR count). The molecule has 0 nitrogen and oxygen atoms in total. The van der Waals surface area contributed by atoms with Gasteiger partial charge in [-0.15, -0.1) is 0 Å². The van der Waals surface area contributed by atoms with Gasteiger partial charge in [-0.3, -0.25) is 0 Å². The van der Waals surface area contributed by atoms with Crippen LogP contribution >= 0.6 is 43.2 Å². The van der Waals surface area contributed by atoms with Crippen LogP contribution in [0.5, 0.6) is 0 Å². The zero-order valence-electron chi connectivity index (χ0n) is 11.9. The van der Waals surface area contributed by atoms with Crippen LogP contribution in [-0.2, 0) is 0 Å². The van der Waals surface area contributed by atoms with E-state index in [1.807, 2.05) is 0 Å². The fraction of sp³-hybridized carbons (Fsp3) is 1.00. The monoisotopic (exact) mass is 334 g/mol. The molecule has 0 aromatic carbocycles. The highest BCUT2D eigenvalue weighted by molar-refractivity contribution is 7.99. The molecule has 0 N–H and O–H groups in total. The molecule has 0 aliphatic carbocycles. The first-order valence-electron chi connectivity index (χ1n) is 7.96. The molecule has 4 heteroatoms. The van der Waals surface area contributed by atoms with Crippen molar-refractivity contribution in [3.8, 4) is 0 Å². The van der Waals surface area contributed by atoms with Gasteiger partial charge in [0, 0.05) is 0 Å². The lowest BCUT2D eigenvalue weighted by Crippen LogP contribution is -2.30. The third-order valence-corrected chi connectivity index (χ3v) is 12.1. The molecule has 19 heavy (non-hydrogen) atoms. The largest absolute Gasteiger partial charge is 0.162 e. The van der Waals surface area contributed by atoms with Crippen LogP contribution in [0.4, 0.5) is 0 Å². The second-order valence-electron chi connectivity index (χ2n) is 5.98. The van der Waals surface area contributed by atoms with Crippen molar-refractivity contribution in [2.45, 2.75) is 55.5 Å². The van der Waals surface area contributed by atoms with E-state index in [4.69, 9.17) is 0 Å². The molecule has 0 saturated carbocycles. The van der Waals surface area contributed by atoms with Crippen molar-refractivity contribution in [1.82, 2.24) is 0 Å². The predicted octanol–water partition coefficient (Wildman–Crippen LogP) is 5.16. The first-order chi connectivity index (χ1) is 9.45. The molecular formula is C15H27PS3. The highest BCUT2D eigenvalue weighted by Gasteiger charge is 2.36. The second kappa shape index (κ2) is 8.20. The smallest absolute Gasteiger partial charge is 0.00615 e. The average molecular weight is 335 g/mol. The Bertz CT molecular complexity index is 213. The number of rotatable bonds is 3. The van der Waals surface area contributed by atoms with Gasteiger partial charge in [0.15, 0.2) is 0 Å². The maximum absolute atomic E-state index is 2.21. The van der Waals surface area contributed by atoms with Gasteiger partial charge >= 0.3 is 0 Å². The summed E-state index contributed by atoms with van der Waals surface area (Å²) in [5, 5.41) is 0. The lowest BCUT2D eigenvalue weighted by atomic mass is 10.2. The number of thioether (sulfide) groups is 3. The van der Waals surface area contributed by atoms with Crippen LogP contribution in [0.2, 0.25) is 0 Å². The Kier molecular flexibility index (Phi) is 6.64. The van der Waals surface area contributed by atoms with Crippen molar-refractivity contribution in [1.29, 1.82) is 0 Å². The van der Waals surface area contributed by atoms with Gasteiger partial charge in [-0.25, -0.2) is 0 Å². The van der Waals surface area contributed by atoms with Crippen LogP contribution in [-0.4, -0.2) is 51.5 Å². The standard InChI is InChI=1S/C15H27PS3/c1-7-17-8-2-13(1)16(14-3-9-18-10-4-14)15-5-11-19-12-6-15/h13-15H,1-12H2. The topological polar surface area (TPSA) is 0 Å². The maximum atomic E-state index is 2.21. The highest BCUT2D eigenvalue weighted by atomic mass is 32.2. The van der Waals surface area contributed by atoms with Gasteiger partial charge in [-0.1, -0.05) is 7.92 Å². The molecule has 0 atom stereocenters. The lowest BCUT2D eigenvalue weighted by molar-refractivity contribution is 0.676. The Balaban J connectivity index is 1.68. The minimum atomic E-state index is 0.345. The summed E-state index contributed by atoms with van der Waals surface area (Å²) < 4.78 is 0. The van der Waals surface area contributed by atoms with Crippen molar-refractivity contribution < 1.29 is 0 Å². The summed E-state index contributed by atoms with van der Waals surface area (Å²) in [4.78, 5) is 0. The van der Waals surface area contributed by atoms with Gasteiger partial charge in [0.1, 0.15) is 0 Å². The van der Waals surface area contributed by atoms with Crippen LogP contribution < -0.4 is 0 Å². The summed E-state index contributed by atoms with van der Waals surface area (Å²) in [6, 6.07) is 0. The van der Waals surface area contributed by atoms with Crippen molar-refractivity contribution in [3.63, 3.8) is 0 Å². The third kappa shape index (κ3) is 4.24. The molecular weight excluding hydrogens is 307 g/mol. The van der Waals surface area contributed by atoms with Crippen LogP contribution in [0.3, 0.4) is 0 Å². The van der Waals surface area contributed by atoms with Crippen molar-refractivity contribution in [2.24, 2.45) is 0 Å². The van der Waals surface area contributed by atoms with Crippen molar-refractivity contribution in [3.05, 3.63) is 0 Å². The first-order valence-corrected chi connectivity index (χ1v) is 13.0. The zero-order valence-corrected chi connectivity index (χ0v) is 15.2. The van der Waals surface area contributed by atoms with Gasteiger partial charge in [-0.2, -0.15) is 35.3 Å². The van der Waals surface area contributed by atoms with Crippen LogP contribution in [0.25, 0.3) is 0 Å². The van der Waals surface area contributed by atoms with E-state index in [0.29, 0.717) is 7.92 Å². The number of hydrogen-bond acceptors (Lipinski definition) is 3. The maximum Gasteiger partial charge on any atom is -0.00615 e. The molecule has 0 unspecified atom stereocenters. The van der Waals surface area contributed by atoms with Gasteiger partial charge in [0.05, 0.1) is 0 Å². The molecule has 0 spiro atoms. The Morgan fingerprint density at radius 2 is 0.737 bits per heavy atom. The van der Waals surface area contributed by atoms with E-state index in [1.165, 1.54) is 34.5 Å². The minimum Gasteiger partial charge on any atom is -0.162 e. The van der Waals surface area contributed by atoms with E-state index >= 15 is 0 Å². The molecule has 3 fully saturated rings. The van der Waals surface area contributed by atoms with Crippen LogP contribution in [0, 0.1) is 0 Å². The Labute approximate surface area is 133 Å². The molecule has 3 heterocycles. The molecule has 0 bridgehead atoms. The first kappa shape index (κ1) is 15.4. The van der Waals surface area contributed by atoms with Gasteiger partial charge < -0.3 is 0 Å². The Hall–Kier alpha value is 1.48. The van der Waals surface area contributed by atoms with E-state index in [1.54, 1.807) is 38.5 Å². The quantitative estimate of drug-likeness (QED) is 0.655. The van der Waals surface area contributed by atoms with Gasteiger partial charge in [-0.05, 0) is 90.0 Å². The fourth-order valence-corrected chi connectivity index (χ4v) is 12.6. The Morgan fingerprint density at radius 1 is 0.474 bits per heavy atom. The summed E-state index contributed by atoms with van der Waals surface area (Å²) in [7, 11) is 0.345. The van der Waals surface area contributed by atoms with Crippen molar-refractivity contribution >= 4 is 43.2 Å². The molecule has 0 radical (unpaired) electrons. The predicted molar refractivity (Wildman–Crippen MR) is 98.0 cm³/mol. The fourth-order valence-electron chi connectivity index (χ4n) is 3.84.